The van der Waals surface area contributed by atoms with E-state index in [1.165, 1.54) is 19.3 Å². The van der Waals surface area contributed by atoms with E-state index in [1.807, 2.05) is 0 Å². The lowest BCUT2D eigenvalue weighted by Crippen LogP contribution is -2.18. The lowest BCUT2D eigenvalue weighted by molar-refractivity contribution is 0.256. The molecule has 0 aromatic heterocycles. The second-order valence-corrected chi connectivity index (χ2v) is 1.46. The Morgan fingerprint density at radius 3 is 1.29 bits per heavy atom. The predicted octanol–water partition coefficient (Wildman–Crippen LogP) is 0.194. The summed E-state index contributed by atoms with van der Waals surface area (Å²) in [4.78, 5) is 9.00. The Morgan fingerprint density at radius 2 is 1.29 bits per heavy atom. The summed E-state index contributed by atoms with van der Waals surface area (Å²) in [6.45, 7) is 0. The van der Waals surface area contributed by atoms with Crippen LogP contribution in [0.15, 0.2) is 0 Å². The Labute approximate surface area is 42.7 Å². The van der Waals surface area contributed by atoms with Gasteiger partial charge in [-0.25, -0.2) is 4.79 Å². The Kier molecular flexibility index (Phi) is 3.10. The largest absolute Gasteiger partial charge is 0.352 e. The van der Waals surface area contributed by atoms with Gasteiger partial charge < -0.3 is 11.5 Å². The zero-order chi connectivity index (χ0) is 5.70. The number of urea groups is 1. The average molecular weight is 102 g/mol. The Hall–Kier alpha value is -0.730. The first kappa shape index (κ1) is 6.27. The Morgan fingerprint density at radius 1 is 1.14 bits per heavy atom. The molecule has 0 atom stereocenters. The van der Waals surface area contributed by atoms with Crippen molar-refractivity contribution in [3.8, 4) is 0 Å². The monoisotopic (exact) mass is 102 g/mol. The molecule has 1 fully saturated rings. The molecule has 1 aliphatic rings. The molecule has 3 heteroatoms. The molecule has 0 radical (unpaired) electrons. The molecule has 7 heavy (non-hydrogen) atoms. The lowest BCUT2D eigenvalue weighted by Gasteiger charge is -1.62. The number of nitrogens with two attached hydrogens (primary N) is 2. The smallest absolute Gasteiger partial charge is 0.309 e. The van der Waals surface area contributed by atoms with E-state index in [-0.39, 0.29) is 0 Å². The molecule has 42 valence electrons. The van der Waals surface area contributed by atoms with E-state index >= 15 is 0 Å². The van der Waals surface area contributed by atoms with Gasteiger partial charge in [-0.1, -0.05) is 19.3 Å². The van der Waals surface area contributed by atoms with Gasteiger partial charge in [0.2, 0.25) is 0 Å². The number of carbonyl (C=O) groups excluding carboxylic acids is 1. The maximum atomic E-state index is 9.00. The minimum absolute atomic E-state index is 0.833. The second kappa shape index (κ2) is 3.46. The maximum Gasteiger partial charge on any atom is 0.309 e. The lowest BCUT2D eigenvalue weighted by atomic mass is 11.0. The molecule has 0 unspecified atom stereocenters. The van der Waals surface area contributed by atoms with Gasteiger partial charge in [-0.05, 0) is 0 Å². The van der Waals surface area contributed by atoms with Crippen LogP contribution < -0.4 is 11.5 Å². The zero-order valence-corrected chi connectivity index (χ0v) is 4.18. The van der Waals surface area contributed by atoms with E-state index in [2.05, 4.69) is 11.5 Å². The van der Waals surface area contributed by atoms with E-state index in [9.17, 15) is 0 Å². The topological polar surface area (TPSA) is 69.1 Å². The van der Waals surface area contributed by atoms with Crippen LogP contribution >= 0.6 is 0 Å². The van der Waals surface area contributed by atoms with Crippen LogP contribution in [-0.4, -0.2) is 6.03 Å². The van der Waals surface area contributed by atoms with Gasteiger partial charge in [-0.15, -0.1) is 0 Å². The van der Waals surface area contributed by atoms with Gasteiger partial charge in [0.15, 0.2) is 0 Å². The van der Waals surface area contributed by atoms with Crippen LogP contribution in [0.5, 0.6) is 0 Å². The van der Waals surface area contributed by atoms with Crippen LogP contribution in [0.3, 0.4) is 0 Å². The third-order valence-corrected chi connectivity index (χ3v) is 0.354. The molecule has 0 bridgehead atoms. The van der Waals surface area contributed by atoms with Crippen molar-refractivity contribution >= 4 is 6.03 Å². The van der Waals surface area contributed by atoms with E-state index in [0.717, 1.165) is 0 Å². The fourth-order valence-electron chi connectivity index (χ4n) is 0. The van der Waals surface area contributed by atoms with Crippen LogP contribution in [-0.2, 0) is 0 Å². The van der Waals surface area contributed by atoms with Crippen molar-refractivity contribution < 1.29 is 4.79 Å². The number of hydrogen-bond donors (Lipinski definition) is 2. The normalized spacial score (nSPS) is 13.7. The van der Waals surface area contributed by atoms with Crippen molar-refractivity contribution in [2.45, 2.75) is 19.3 Å². The summed E-state index contributed by atoms with van der Waals surface area (Å²) in [7, 11) is 0. The van der Waals surface area contributed by atoms with Crippen molar-refractivity contribution in [1.29, 1.82) is 0 Å². The molecule has 2 amide bonds. The summed E-state index contributed by atoms with van der Waals surface area (Å²) < 4.78 is 0. The highest BCUT2D eigenvalue weighted by molar-refractivity contribution is 5.69. The van der Waals surface area contributed by atoms with Gasteiger partial charge in [-0.2, -0.15) is 0 Å². The highest BCUT2D eigenvalue weighted by Crippen LogP contribution is 2.14. The van der Waals surface area contributed by atoms with Gasteiger partial charge in [0.25, 0.3) is 0 Å². The van der Waals surface area contributed by atoms with E-state index in [4.69, 9.17) is 4.79 Å². The summed E-state index contributed by atoms with van der Waals surface area (Å²) in [6.07, 6.45) is 4.50. The number of amides is 2. The second-order valence-electron chi connectivity index (χ2n) is 1.46. The average Bonchev–Trinajstić information content (AvgIpc) is 2.02. The molecule has 1 aliphatic carbocycles. The highest BCUT2D eigenvalue weighted by atomic mass is 16.2. The first-order valence-corrected chi connectivity index (χ1v) is 2.28. The predicted molar refractivity (Wildman–Crippen MR) is 27.6 cm³/mol. The molecule has 0 saturated heterocycles. The van der Waals surface area contributed by atoms with Gasteiger partial charge in [-0.3, -0.25) is 0 Å². The molecule has 0 heterocycles. The summed E-state index contributed by atoms with van der Waals surface area (Å²) in [6, 6.07) is -0.833. The van der Waals surface area contributed by atoms with Crippen molar-refractivity contribution in [3.63, 3.8) is 0 Å². The van der Waals surface area contributed by atoms with Crippen LogP contribution in [0.1, 0.15) is 19.3 Å². The van der Waals surface area contributed by atoms with E-state index in [1.54, 1.807) is 0 Å². The SMILES string of the molecule is C1CC1.NC(N)=O. The molecule has 0 aromatic rings. The maximum absolute atomic E-state index is 9.00. The molecule has 1 saturated carbocycles. The number of hydrogen-bond acceptors (Lipinski definition) is 1. The number of rotatable bonds is 0. The van der Waals surface area contributed by atoms with Crippen LogP contribution in [0.2, 0.25) is 0 Å². The van der Waals surface area contributed by atoms with Crippen molar-refractivity contribution in [3.05, 3.63) is 0 Å². The molecule has 3 nitrogen and oxygen atoms in total. The minimum Gasteiger partial charge on any atom is -0.352 e. The molecule has 4 N–H and O–H groups in total. The molecule has 1 rings (SSSR count). The Bertz CT molecular complexity index is 54.0. The van der Waals surface area contributed by atoms with Crippen LogP contribution in [0.25, 0.3) is 0 Å². The van der Waals surface area contributed by atoms with Crippen LogP contribution in [0.4, 0.5) is 4.79 Å². The molecular formula is C4H10N2O. The molecule has 0 aromatic carbocycles. The fourth-order valence-corrected chi connectivity index (χ4v) is 0. The summed E-state index contributed by atoms with van der Waals surface area (Å²) in [5, 5.41) is 0. The van der Waals surface area contributed by atoms with Gasteiger partial charge in [0, 0.05) is 0 Å². The first-order valence-electron chi connectivity index (χ1n) is 2.28. The molecular weight excluding hydrogens is 92.1 g/mol. The molecule has 0 spiro atoms. The summed E-state index contributed by atoms with van der Waals surface area (Å²) >= 11 is 0. The van der Waals surface area contributed by atoms with Crippen LogP contribution in [0, 0.1) is 0 Å². The summed E-state index contributed by atoms with van der Waals surface area (Å²) in [5.41, 5.74) is 8.50. The summed E-state index contributed by atoms with van der Waals surface area (Å²) in [5.74, 6) is 0. The number of carbonyl (C=O) groups is 1. The van der Waals surface area contributed by atoms with Crippen molar-refractivity contribution in [1.82, 2.24) is 0 Å². The van der Waals surface area contributed by atoms with Crippen molar-refractivity contribution in [2.75, 3.05) is 0 Å². The van der Waals surface area contributed by atoms with Crippen molar-refractivity contribution in [2.24, 2.45) is 11.5 Å². The number of primary amides is 2. The minimum atomic E-state index is -0.833. The van der Waals surface area contributed by atoms with Gasteiger partial charge >= 0.3 is 6.03 Å². The standard InChI is InChI=1S/C3H6.CH4N2O/c1-2-3-1;2-1(3)4/h1-3H2;(H4,2,3,4). The third-order valence-electron chi connectivity index (χ3n) is 0.354. The Balaban J connectivity index is 0.000000105. The van der Waals surface area contributed by atoms with Gasteiger partial charge in [0.1, 0.15) is 0 Å². The zero-order valence-electron chi connectivity index (χ0n) is 4.18. The highest BCUT2D eigenvalue weighted by Gasteiger charge is 1.95. The van der Waals surface area contributed by atoms with E-state index in [0.29, 0.717) is 0 Å². The fraction of sp³-hybridized carbons (Fsp3) is 0.750. The first-order chi connectivity index (χ1) is 3.23. The third kappa shape index (κ3) is 773. The van der Waals surface area contributed by atoms with Gasteiger partial charge in [0.05, 0.1) is 0 Å². The van der Waals surface area contributed by atoms with E-state index < -0.39 is 6.03 Å². The quantitative estimate of drug-likeness (QED) is 0.450. The molecule has 0 aliphatic heterocycles.